The van der Waals surface area contributed by atoms with E-state index in [1.54, 1.807) is 0 Å². The SMILES string of the molecule is CCc1cccc(CC)c1-c1cnc2c3cccc4c3c3c(cc5ccccc5c3n12)CC4. The molecule has 1 aliphatic rings. The molecule has 0 spiro atoms. The number of fused-ring (bicyclic) bond motifs is 5. The summed E-state index contributed by atoms with van der Waals surface area (Å²) in [6, 6.07) is 24.8. The Morgan fingerprint density at radius 1 is 0.758 bits per heavy atom. The number of benzene rings is 4. The van der Waals surface area contributed by atoms with Crippen LogP contribution in [0.15, 0.2) is 72.9 Å². The number of hydrogen-bond acceptors (Lipinski definition) is 1. The Bertz CT molecular complexity index is 1710. The van der Waals surface area contributed by atoms with Crippen molar-refractivity contribution in [3.8, 4) is 11.3 Å². The molecule has 0 amide bonds. The molecule has 1 aliphatic carbocycles. The molecule has 0 radical (unpaired) electrons. The predicted molar refractivity (Wildman–Crippen MR) is 139 cm³/mol. The van der Waals surface area contributed by atoms with Crippen molar-refractivity contribution in [1.82, 2.24) is 9.38 Å². The first kappa shape index (κ1) is 18.9. The molecule has 33 heavy (non-hydrogen) atoms. The van der Waals surface area contributed by atoms with Gasteiger partial charge in [-0.2, -0.15) is 0 Å². The summed E-state index contributed by atoms with van der Waals surface area (Å²) < 4.78 is 2.48. The first-order chi connectivity index (χ1) is 16.3. The Labute approximate surface area is 193 Å². The molecule has 6 aromatic rings. The van der Waals surface area contributed by atoms with Crippen LogP contribution < -0.4 is 0 Å². The number of rotatable bonds is 3. The van der Waals surface area contributed by atoms with E-state index in [0.717, 1.165) is 31.3 Å². The molecule has 0 aliphatic heterocycles. The van der Waals surface area contributed by atoms with Gasteiger partial charge >= 0.3 is 0 Å². The largest absolute Gasteiger partial charge is 0.291 e. The number of pyridine rings is 1. The number of imidazole rings is 1. The molecular weight excluding hydrogens is 400 g/mol. The third-order valence-electron chi connectivity index (χ3n) is 7.65. The lowest BCUT2D eigenvalue weighted by Crippen LogP contribution is -2.06. The van der Waals surface area contributed by atoms with E-state index in [2.05, 4.69) is 91.2 Å². The fourth-order valence-electron chi connectivity index (χ4n) is 6.17. The van der Waals surface area contributed by atoms with E-state index in [1.807, 2.05) is 0 Å². The maximum atomic E-state index is 5.09. The number of nitrogens with zero attached hydrogens (tertiary/aromatic N) is 2. The summed E-state index contributed by atoms with van der Waals surface area (Å²) in [6.07, 6.45) is 6.33. The average molecular weight is 427 g/mol. The zero-order valence-electron chi connectivity index (χ0n) is 19.2. The summed E-state index contributed by atoms with van der Waals surface area (Å²) >= 11 is 0. The highest BCUT2D eigenvalue weighted by Crippen LogP contribution is 2.43. The van der Waals surface area contributed by atoms with E-state index in [1.165, 1.54) is 66.0 Å². The third kappa shape index (κ3) is 2.47. The summed E-state index contributed by atoms with van der Waals surface area (Å²) in [7, 11) is 0. The zero-order valence-corrected chi connectivity index (χ0v) is 19.2. The maximum Gasteiger partial charge on any atom is 0.145 e. The molecule has 2 heterocycles. The number of aryl methyl sites for hydroxylation is 4. The lowest BCUT2D eigenvalue weighted by Gasteiger charge is -2.23. The molecule has 0 atom stereocenters. The molecule has 0 unspecified atom stereocenters. The second-order valence-electron chi connectivity index (χ2n) is 9.28. The highest BCUT2D eigenvalue weighted by atomic mass is 15.0. The van der Waals surface area contributed by atoms with E-state index < -0.39 is 0 Å². The first-order valence-electron chi connectivity index (χ1n) is 12.2. The monoisotopic (exact) mass is 426 g/mol. The van der Waals surface area contributed by atoms with Gasteiger partial charge in [0.15, 0.2) is 0 Å². The van der Waals surface area contributed by atoms with Crippen molar-refractivity contribution in [2.75, 3.05) is 0 Å². The molecule has 2 heteroatoms. The van der Waals surface area contributed by atoms with E-state index in [-0.39, 0.29) is 0 Å². The minimum absolute atomic E-state index is 1.01. The molecule has 4 aromatic carbocycles. The normalized spacial score (nSPS) is 13.2. The topological polar surface area (TPSA) is 17.3 Å². The van der Waals surface area contributed by atoms with Gasteiger partial charge in [0.1, 0.15) is 5.65 Å². The Hall–Kier alpha value is -3.65. The Kier molecular flexibility index (Phi) is 3.96. The summed E-state index contributed by atoms with van der Waals surface area (Å²) in [5.41, 5.74) is 10.7. The lowest BCUT2D eigenvalue weighted by molar-refractivity contribution is 0.968. The van der Waals surface area contributed by atoms with E-state index in [0.29, 0.717) is 0 Å². The molecule has 0 saturated heterocycles. The van der Waals surface area contributed by atoms with Crippen LogP contribution >= 0.6 is 0 Å². The van der Waals surface area contributed by atoms with Crippen LogP contribution in [0.3, 0.4) is 0 Å². The van der Waals surface area contributed by atoms with Gasteiger partial charge in [-0.25, -0.2) is 4.98 Å². The molecule has 2 nitrogen and oxygen atoms in total. The average Bonchev–Trinajstić information content (AvgIpc) is 3.31. The fourth-order valence-corrected chi connectivity index (χ4v) is 6.17. The molecule has 160 valence electrons. The summed E-state index contributed by atoms with van der Waals surface area (Å²) in [5.74, 6) is 0. The Morgan fingerprint density at radius 2 is 1.48 bits per heavy atom. The first-order valence-corrected chi connectivity index (χ1v) is 12.2. The van der Waals surface area contributed by atoms with Gasteiger partial charge in [0.2, 0.25) is 0 Å². The van der Waals surface area contributed by atoms with Gasteiger partial charge in [-0.3, -0.25) is 4.40 Å². The minimum Gasteiger partial charge on any atom is -0.291 e. The zero-order chi connectivity index (χ0) is 22.1. The van der Waals surface area contributed by atoms with Gasteiger partial charge in [-0.1, -0.05) is 80.6 Å². The molecule has 0 N–H and O–H groups in total. The summed E-state index contributed by atoms with van der Waals surface area (Å²) in [6.45, 7) is 4.51. The van der Waals surface area contributed by atoms with E-state index in [4.69, 9.17) is 4.98 Å². The third-order valence-corrected chi connectivity index (χ3v) is 7.65. The van der Waals surface area contributed by atoms with Crippen molar-refractivity contribution in [1.29, 1.82) is 0 Å². The highest BCUT2D eigenvalue weighted by molar-refractivity contribution is 6.22. The number of hydrogen-bond donors (Lipinski definition) is 0. The van der Waals surface area contributed by atoms with Crippen LogP contribution in [0.5, 0.6) is 0 Å². The van der Waals surface area contributed by atoms with Gasteiger partial charge in [-0.15, -0.1) is 0 Å². The van der Waals surface area contributed by atoms with Crippen molar-refractivity contribution in [2.24, 2.45) is 0 Å². The van der Waals surface area contributed by atoms with Crippen molar-refractivity contribution < 1.29 is 0 Å². The van der Waals surface area contributed by atoms with Crippen molar-refractivity contribution in [2.45, 2.75) is 39.5 Å². The van der Waals surface area contributed by atoms with E-state index in [9.17, 15) is 0 Å². The van der Waals surface area contributed by atoms with Crippen LogP contribution in [0.25, 0.3) is 49.4 Å². The van der Waals surface area contributed by atoms with Gasteiger partial charge < -0.3 is 0 Å². The number of aromatic nitrogens is 2. The Morgan fingerprint density at radius 3 is 2.30 bits per heavy atom. The Balaban J connectivity index is 1.80. The van der Waals surface area contributed by atoms with Gasteiger partial charge in [0, 0.05) is 21.7 Å². The highest BCUT2D eigenvalue weighted by Gasteiger charge is 2.24. The molecule has 7 rings (SSSR count). The van der Waals surface area contributed by atoms with Crippen LogP contribution in [-0.2, 0) is 25.7 Å². The molecule has 0 bridgehead atoms. The summed E-state index contributed by atoms with van der Waals surface area (Å²) in [4.78, 5) is 5.09. The van der Waals surface area contributed by atoms with Crippen LogP contribution in [0.2, 0.25) is 0 Å². The van der Waals surface area contributed by atoms with Crippen molar-refractivity contribution in [3.05, 3.63) is 95.2 Å². The molecule has 0 fully saturated rings. The van der Waals surface area contributed by atoms with Crippen LogP contribution in [-0.4, -0.2) is 9.38 Å². The second kappa shape index (κ2) is 6.92. The van der Waals surface area contributed by atoms with Crippen LogP contribution in [0.1, 0.15) is 36.1 Å². The molecular formula is C31H26N2. The second-order valence-corrected chi connectivity index (χ2v) is 9.28. The van der Waals surface area contributed by atoms with E-state index >= 15 is 0 Å². The van der Waals surface area contributed by atoms with Crippen LogP contribution in [0, 0.1) is 0 Å². The van der Waals surface area contributed by atoms with Gasteiger partial charge in [-0.05, 0) is 58.7 Å². The minimum atomic E-state index is 1.01. The predicted octanol–water partition coefficient (Wildman–Crippen LogP) is 7.68. The fraction of sp³-hybridized carbons (Fsp3) is 0.194. The lowest BCUT2D eigenvalue weighted by atomic mass is 9.86. The molecule has 0 saturated carbocycles. The standard InChI is InChI=1S/C31H26N2/c1-3-19-10-7-11-20(4-2)27(19)26-18-32-31-25-14-8-12-21-15-16-23-17-22-9-5-6-13-24(22)30(33(26)31)29(23)28(21)25/h5-14,17-18H,3-4,15-16H2,1-2H3. The van der Waals surface area contributed by atoms with Crippen molar-refractivity contribution >= 4 is 38.1 Å². The quantitative estimate of drug-likeness (QED) is 0.265. The summed E-state index contributed by atoms with van der Waals surface area (Å²) in [5, 5.41) is 6.73. The van der Waals surface area contributed by atoms with Crippen LogP contribution in [0.4, 0.5) is 0 Å². The van der Waals surface area contributed by atoms with Gasteiger partial charge in [0.05, 0.1) is 17.4 Å². The van der Waals surface area contributed by atoms with Gasteiger partial charge in [0.25, 0.3) is 0 Å². The van der Waals surface area contributed by atoms with Crippen molar-refractivity contribution in [3.63, 3.8) is 0 Å². The maximum absolute atomic E-state index is 5.09. The molecule has 2 aromatic heterocycles. The smallest absolute Gasteiger partial charge is 0.145 e.